The van der Waals surface area contributed by atoms with E-state index in [4.69, 9.17) is 4.74 Å². The van der Waals surface area contributed by atoms with Gasteiger partial charge >= 0.3 is 0 Å². The van der Waals surface area contributed by atoms with Crippen LogP contribution >= 0.6 is 0 Å². The number of nitrogens with zero attached hydrogens (tertiary/aromatic N) is 1. The van der Waals surface area contributed by atoms with Gasteiger partial charge in [-0.15, -0.1) is 0 Å². The Morgan fingerprint density at radius 1 is 1.25 bits per heavy atom. The number of hydrogen-bond donors (Lipinski definition) is 1. The molecule has 5 nitrogen and oxygen atoms in total. The molecular weight excluding hydrogens is 256 g/mol. The first-order valence-electron chi connectivity index (χ1n) is 6.84. The Balaban J connectivity index is 2.05. The first kappa shape index (κ1) is 14.5. The number of carbonyl (C=O) groups is 2. The van der Waals surface area contributed by atoms with Crippen molar-refractivity contribution in [3.8, 4) is 0 Å². The van der Waals surface area contributed by atoms with Crippen LogP contribution in [-0.2, 0) is 20.7 Å². The number of benzene rings is 1. The van der Waals surface area contributed by atoms with Gasteiger partial charge in [0.2, 0.25) is 11.8 Å². The fourth-order valence-corrected chi connectivity index (χ4v) is 2.30. The summed E-state index contributed by atoms with van der Waals surface area (Å²) in [6, 6.07) is 9.20. The Kier molecular flexibility index (Phi) is 5.12. The standard InChI is InChI=1S/C15H20N2O3/c1-12(18)16-14(11-13-5-3-2-4-6-13)15(19)17-7-9-20-10-8-17/h2-6,14H,7-11H2,1H3,(H,16,18)/t14-/m0/s1. The molecule has 0 radical (unpaired) electrons. The van der Waals surface area contributed by atoms with E-state index in [9.17, 15) is 9.59 Å². The van der Waals surface area contributed by atoms with E-state index in [1.54, 1.807) is 4.90 Å². The van der Waals surface area contributed by atoms with Crippen molar-refractivity contribution in [2.24, 2.45) is 0 Å². The van der Waals surface area contributed by atoms with Crippen LogP contribution in [0, 0.1) is 0 Å². The second-order valence-corrected chi connectivity index (χ2v) is 4.88. The molecule has 5 heteroatoms. The quantitative estimate of drug-likeness (QED) is 0.876. The first-order valence-corrected chi connectivity index (χ1v) is 6.84. The van der Waals surface area contributed by atoms with E-state index in [2.05, 4.69) is 5.32 Å². The molecule has 1 N–H and O–H groups in total. The number of carbonyl (C=O) groups excluding carboxylic acids is 2. The number of morpholine rings is 1. The molecule has 0 bridgehead atoms. The molecule has 1 aliphatic rings. The predicted octanol–water partition coefficient (Wildman–Crippen LogP) is 0.593. The molecule has 1 saturated heterocycles. The molecule has 108 valence electrons. The van der Waals surface area contributed by atoms with Gasteiger partial charge in [0.15, 0.2) is 0 Å². The van der Waals surface area contributed by atoms with Crippen LogP contribution in [0.4, 0.5) is 0 Å². The Bertz CT molecular complexity index is 455. The van der Waals surface area contributed by atoms with Gasteiger partial charge in [0.05, 0.1) is 13.2 Å². The molecule has 2 amide bonds. The Hall–Kier alpha value is -1.88. The third-order valence-electron chi connectivity index (χ3n) is 3.28. The summed E-state index contributed by atoms with van der Waals surface area (Å²) in [6.07, 6.45) is 0.511. The van der Waals surface area contributed by atoms with Gasteiger partial charge in [0.1, 0.15) is 6.04 Å². The first-order chi connectivity index (χ1) is 9.66. The Morgan fingerprint density at radius 2 is 1.90 bits per heavy atom. The van der Waals surface area contributed by atoms with Gasteiger partial charge in [-0.3, -0.25) is 9.59 Å². The highest BCUT2D eigenvalue weighted by Crippen LogP contribution is 2.08. The number of hydrogen-bond acceptors (Lipinski definition) is 3. The summed E-state index contributed by atoms with van der Waals surface area (Å²) < 4.78 is 5.25. The lowest BCUT2D eigenvalue weighted by molar-refractivity contribution is -0.139. The molecular formula is C15H20N2O3. The molecule has 0 spiro atoms. The normalized spacial score (nSPS) is 16.6. The molecule has 1 heterocycles. The average Bonchev–Trinajstić information content (AvgIpc) is 2.47. The lowest BCUT2D eigenvalue weighted by Gasteiger charge is -2.30. The maximum absolute atomic E-state index is 12.5. The van der Waals surface area contributed by atoms with Crippen LogP contribution in [0.3, 0.4) is 0 Å². The molecule has 0 aliphatic carbocycles. The van der Waals surface area contributed by atoms with Crippen LogP contribution in [0.5, 0.6) is 0 Å². The van der Waals surface area contributed by atoms with Gasteiger partial charge in [-0.1, -0.05) is 30.3 Å². The van der Waals surface area contributed by atoms with Crippen molar-refractivity contribution in [3.05, 3.63) is 35.9 Å². The van der Waals surface area contributed by atoms with Crippen LogP contribution in [0.25, 0.3) is 0 Å². The highest BCUT2D eigenvalue weighted by Gasteiger charge is 2.26. The molecule has 1 fully saturated rings. The van der Waals surface area contributed by atoms with Crippen molar-refractivity contribution in [2.75, 3.05) is 26.3 Å². The van der Waals surface area contributed by atoms with Crippen molar-refractivity contribution in [1.82, 2.24) is 10.2 Å². The van der Waals surface area contributed by atoms with E-state index < -0.39 is 6.04 Å². The SMILES string of the molecule is CC(=O)N[C@@H](Cc1ccccc1)C(=O)N1CCOCC1. The summed E-state index contributed by atoms with van der Waals surface area (Å²) in [5, 5.41) is 2.75. The third kappa shape index (κ3) is 4.06. The third-order valence-corrected chi connectivity index (χ3v) is 3.28. The van der Waals surface area contributed by atoms with Crippen molar-refractivity contribution in [2.45, 2.75) is 19.4 Å². The number of amides is 2. The maximum atomic E-state index is 12.5. The number of nitrogens with one attached hydrogen (secondary N) is 1. The van der Waals surface area contributed by atoms with Crippen molar-refractivity contribution in [3.63, 3.8) is 0 Å². The molecule has 0 aromatic heterocycles. The minimum atomic E-state index is -0.506. The monoisotopic (exact) mass is 276 g/mol. The highest BCUT2D eigenvalue weighted by atomic mass is 16.5. The van der Waals surface area contributed by atoms with Crippen LogP contribution in [-0.4, -0.2) is 49.1 Å². The van der Waals surface area contributed by atoms with E-state index >= 15 is 0 Å². The van der Waals surface area contributed by atoms with Crippen LogP contribution in [0.1, 0.15) is 12.5 Å². The van der Waals surface area contributed by atoms with E-state index in [1.165, 1.54) is 6.92 Å². The maximum Gasteiger partial charge on any atom is 0.245 e. The lowest BCUT2D eigenvalue weighted by Crippen LogP contribution is -2.52. The van der Waals surface area contributed by atoms with Gasteiger partial charge in [0, 0.05) is 26.4 Å². The van der Waals surface area contributed by atoms with Crippen molar-refractivity contribution < 1.29 is 14.3 Å². The molecule has 1 atom stereocenters. The van der Waals surface area contributed by atoms with Gasteiger partial charge in [-0.05, 0) is 5.56 Å². The van der Waals surface area contributed by atoms with Crippen molar-refractivity contribution >= 4 is 11.8 Å². The second-order valence-electron chi connectivity index (χ2n) is 4.88. The van der Waals surface area contributed by atoms with Gasteiger partial charge in [0.25, 0.3) is 0 Å². The minimum absolute atomic E-state index is 0.0349. The largest absolute Gasteiger partial charge is 0.378 e. The molecule has 1 aliphatic heterocycles. The zero-order chi connectivity index (χ0) is 14.4. The smallest absolute Gasteiger partial charge is 0.245 e. The van der Waals surface area contributed by atoms with Crippen LogP contribution in [0.15, 0.2) is 30.3 Å². The fraction of sp³-hybridized carbons (Fsp3) is 0.467. The summed E-state index contributed by atoms with van der Waals surface area (Å²) in [5.41, 5.74) is 1.04. The van der Waals surface area contributed by atoms with Crippen molar-refractivity contribution in [1.29, 1.82) is 0 Å². The van der Waals surface area contributed by atoms with Gasteiger partial charge < -0.3 is 15.0 Å². The number of rotatable bonds is 4. The fourth-order valence-electron chi connectivity index (χ4n) is 2.30. The molecule has 0 saturated carbocycles. The van der Waals surface area contributed by atoms with Crippen LogP contribution < -0.4 is 5.32 Å². The van der Waals surface area contributed by atoms with Crippen LogP contribution in [0.2, 0.25) is 0 Å². The summed E-state index contributed by atoms with van der Waals surface area (Å²) in [5.74, 6) is -0.222. The molecule has 0 unspecified atom stereocenters. The van der Waals surface area contributed by atoms with E-state index in [-0.39, 0.29) is 11.8 Å². The summed E-state index contributed by atoms with van der Waals surface area (Å²) in [6.45, 7) is 3.73. The molecule has 20 heavy (non-hydrogen) atoms. The highest BCUT2D eigenvalue weighted by molar-refractivity contribution is 5.87. The van der Waals surface area contributed by atoms with E-state index in [0.29, 0.717) is 32.7 Å². The summed E-state index contributed by atoms with van der Waals surface area (Å²) >= 11 is 0. The van der Waals surface area contributed by atoms with E-state index in [0.717, 1.165) is 5.56 Å². The topological polar surface area (TPSA) is 58.6 Å². The lowest BCUT2D eigenvalue weighted by atomic mass is 10.0. The summed E-state index contributed by atoms with van der Waals surface area (Å²) in [7, 11) is 0. The summed E-state index contributed by atoms with van der Waals surface area (Å²) in [4.78, 5) is 25.6. The molecule has 1 aromatic rings. The zero-order valence-corrected chi connectivity index (χ0v) is 11.7. The van der Waals surface area contributed by atoms with Gasteiger partial charge in [-0.2, -0.15) is 0 Å². The molecule has 2 rings (SSSR count). The van der Waals surface area contributed by atoms with Gasteiger partial charge in [-0.25, -0.2) is 0 Å². The van der Waals surface area contributed by atoms with E-state index in [1.807, 2.05) is 30.3 Å². The predicted molar refractivity (Wildman–Crippen MR) is 75.1 cm³/mol. The average molecular weight is 276 g/mol. The minimum Gasteiger partial charge on any atom is -0.378 e. The Morgan fingerprint density at radius 3 is 2.50 bits per heavy atom. The second kappa shape index (κ2) is 7.05. The molecule has 1 aromatic carbocycles. The number of ether oxygens (including phenoxy) is 1. The Labute approximate surface area is 118 Å². The zero-order valence-electron chi connectivity index (χ0n) is 11.7.